The number of hydrogen-bond acceptors (Lipinski definition) is 2. The molecular formula is C16H16Cl2N2O4Pd-2. The molecule has 2 atom stereocenters. The second-order valence-electron chi connectivity index (χ2n) is 4.41. The van der Waals surface area contributed by atoms with Crippen LogP contribution in [0.15, 0.2) is 60.7 Å². The van der Waals surface area contributed by atoms with Crippen LogP contribution in [0.4, 0.5) is 0 Å². The van der Waals surface area contributed by atoms with Crippen molar-refractivity contribution in [2.75, 3.05) is 0 Å². The molecule has 0 spiro atoms. The Morgan fingerprint density at radius 3 is 1.20 bits per heavy atom. The monoisotopic (exact) mass is 476 g/mol. The number of carbonyl (C=O) groups is 2. The van der Waals surface area contributed by atoms with E-state index in [1.807, 2.05) is 0 Å². The summed E-state index contributed by atoms with van der Waals surface area (Å²) in [7, 11) is 9.63. The van der Waals surface area contributed by atoms with Crippen LogP contribution in [0, 0.1) is 0 Å². The molecule has 0 heterocycles. The number of aliphatic carboxylic acids is 2. The second-order valence-corrected chi connectivity index (χ2v) is 6.77. The van der Waals surface area contributed by atoms with E-state index < -0.39 is 24.0 Å². The standard InChI is InChI=1S/2C8H8NO2.2ClH.Pd/c2*9-7(8(10)11)6-4-2-1-3-5-6;;;/h2*1-5,7,9H,(H,10,11);2*1H;/q2*-1;;;+2/p-2. The van der Waals surface area contributed by atoms with E-state index in [4.69, 9.17) is 40.7 Å². The average Bonchev–Trinajstić information content (AvgIpc) is 2.63. The SMILES string of the molecule is [Cl][Pd][Cl].[NH-]C(C(=O)O)c1ccccc1.[NH-]C(C(=O)O)c1ccccc1. The van der Waals surface area contributed by atoms with Crippen LogP contribution in [0.2, 0.25) is 0 Å². The zero-order valence-corrected chi connectivity index (χ0v) is 15.8. The molecular weight excluding hydrogens is 462 g/mol. The van der Waals surface area contributed by atoms with Crippen LogP contribution in [0.3, 0.4) is 0 Å². The van der Waals surface area contributed by atoms with E-state index >= 15 is 0 Å². The summed E-state index contributed by atoms with van der Waals surface area (Å²) in [6.07, 6.45) is 0. The third-order valence-electron chi connectivity index (χ3n) is 2.76. The van der Waals surface area contributed by atoms with E-state index in [-0.39, 0.29) is 15.9 Å². The van der Waals surface area contributed by atoms with Crippen molar-refractivity contribution < 1.29 is 35.7 Å². The molecule has 25 heavy (non-hydrogen) atoms. The molecule has 2 unspecified atom stereocenters. The molecule has 0 saturated carbocycles. The number of carboxylic acid groups (broad SMARTS) is 2. The molecule has 0 radical (unpaired) electrons. The molecule has 2 aromatic carbocycles. The predicted octanol–water partition coefficient (Wildman–Crippen LogP) is 5.11. The van der Waals surface area contributed by atoms with Gasteiger partial charge in [0.05, 0.1) is 0 Å². The quantitative estimate of drug-likeness (QED) is 0.594. The van der Waals surface area contributed by atoms with Crippen LogP contribution in [0.25, 0.3) is 11.5 Å². The first-order valence-corrected chi connectivity index (χ1v) is 10.7. The van der Waals surface area contributed by atoms with Gasteiger partial charge in [-0.05, 0) is 12.1 Å². The van der Waals surface area contributed by atoms with Gasteiger partial charge >= 0.3 is 35.0 Å². The predicted molar refractivity (Wildman–Crippen MR) is 94.0 cm³/mol. The molecule has 2 rings (SSSR count). The van der Waals surface area contributed by atoms with Crippen molar-refractivity contribution in [2.24, 2.45) is 0 Å². The Bertz CT molecular complexity index is 577. The second kappa shape index (κ2) is 13.8. The number of carboxylic acids is 2. The van der Waals surface area contributed by atoms with Crippen molar-refractivity contribution in [3.05, 3.63) is 83.3 Å². The molecule has 0 aliphatic rings. The Morgan fingerprint density at radius 2 is 1.00 bits per heavy atom. The maximum atomic E-state index is 10.3. The Kier molecular flexibility index (Phi) is 13.0. The minimum atomic E-state index is -1.16. The van der Waals surface area contributed by atoms with E-state index in [2.05, 4.69) is 0 Å². The topological polar surface area (TPSA) is 122 Å². The van der Waals surface area contributed by atoms with E-state index in [1.165, 1.54) is 0 Å². The molecule has 2 aromatic rings. The summed E-state index contributed by atoms with van der Waals surface area (Å²) in [5, 5.41) is 16.9. The van der Waals surface area contributed by atoms with Gasteiger partial charge in [-0.15, -0.1) is 0 Å². The third kappa shape index (κ3) is 10.2. The minimum Gasteiger partial charge on any atom is -0.661 e. The Hall–Kier alpha value is -1.46. The number of halogens is 2. The summed E-state index contributed by atoms with van der Waals surface area (Å²) in [6, 6.07) is 14.7. The first-order valence-electron chi connectivity index (χ1n) is 6.65. The van der Waals surface area contributed by atoms with Gasteiger partial charge in [-0.2, -0.15) is 0 Å². The van der Waals surface area contributed by atoms with Gasteiger partial charge in [-0.1, -0.05) is 71.8 Å². The summed E-state index contributed by atoms with van der Waals surface area (Å²) >= 11 is -0.106. The summed E-state index contributed by atoms with van der Waals surface area (Å²) in [5.74, 6) is -2.23. The fourth-order valence-corrected chi connectivity index (χ4v) is 1.58. The molecule has 9 heteroatoms. The van der Waals surface area contributed by atoms with Crippen LogP contribution in [0.5, 0.6) is 0 Å². The van der Waals surface area contributed by atoms with Crippen molar-refractivity contribution in [3.8, 4) is 0 Å². The fraction of sp³-hybridized carbons (Fsp3) is 0.125. The van der Waals surface area contributed by atoms with Crippen molar-refractivity contribution in [1.29, 1.82) is 0 Å². The van der Waals surface area contributed by atoms with E-state index in [0.717, 1.165) is 0 Å². The van der Waals surface area contributed by atoms with Crippen LogP contribution in [-0.4, -0.2) is 22.2 Å². The largest absolute Gasteiger partial charge is 0.661 e. The van der Waals surface area contributed by atoms with Crippen LogP contribution < -0.4 is 0 Å². The molecule has 0 aliphatic heterocycles. The molecule has 4 N–H and O–H groups in total. The molecule has 0 aliphatic carbocycles. The first kappa shape index (κ1) is 23.5. The van der Waals surface area contributed by atoms with E-state index in [1.54, 1.807) is 60.7 Å². The van der Waals surface area contributed by atoms with Gasteiger partial charge in [0, 0.05) is 0 Å². The normalized spacial score (nSPS) is 11.8. The smallest absolute Gasteiger partial charge is 0.289 e. The molecule has 0 fully saturated rings. The molecule has 0 aromatic heterocycles. The maximum Gasteiger partial charge on any atom is 0.289 e. The molecule has 140 valence electrons. The zero-order valence-electron chi connectivity index (χ0n) is 12.7. The van der Waals surface area contributed by atoms with Crippen LogP contribution in [-0.2, 0) is 25.5 Å². The zero-order chi connectivity index (χ0) is 19.2. The molecule has 0 amide bonds. The first-order chi connectivity index (χ1) is 11.8. The summed E-state index contributed by atoms with van der Waals surface area (Å²) in [6.45, 7) is 0. The number of hydrogen-bond donors (Lipinski definition) is 2. The number of nitrogens with one attached hydrogen (secondary N) is 2. The summed E-state index contributed by atoms with van der Waals surface area (Å²) in [4.78, 5) is 20.6. The Balaban J connectivity index is 0.000000399. The Morgan fingerprint density at radius 1 is 0.760 bits per heavy atom. The van der Waals surface area contributed by atoms with Crippen molar-refractivity contribution >= 4 is 31.0 Å². The Labute approximate surface area is 161 Å². The average molecular weight is 478 g/mol. The fourth-order valence-electron chi connectivity index (χ4n) is 1.58. The van der Waals surface area contributed by atoms with Crippen molar-refractivity contribution in [3.63, 3.8) is 0 Å². The van der Waals surface area contributed by atoms with Gasteiger partial charge in [-0.25, -0.2) is 0 Å². The van der Waals surface area contributed by atoms with E-state index in [0.29, 0.717) is 11.1 Å². The number of rotatable bonds is 4. The van der Waals surface area contributed by atoms with Gasteiger partial charge in [0.2, 0.25) is 0 Å². The minimum absolute atomic E-state index is 0.106. The summed E-state index contributed by atoms with van der Waals surface area (Å²) in [5.41, 5.74) is 15.4. The summed E-state index contributed by atoms with van der Waals surface area (Å²) < 4.78 is 0. The molecule has 0 saturated heterocycles. The van der Waals surface area contributed by atoms with Crippen LogP contribution >= 0.6 is 19.1 Å². The number of benzene rings is 2. The van der Waals surface area contributed by atoms with Gasteiger partial charge in [0.15, 0.2) is 0 Å². The van der Waals surface area contributed by atoms with Crippen LogP contribution in [0.1, 0.15) is 23.2 Å². The van der Waals surface area contributed by atoms with E-state index in [9.17, 15) is 9.59 Å². The van der Waals surface area contributed by atoms with Gasteiger partial charge in [0.25, 0.3) is 11.9 Å². The van der Waals surface area contributed by atoms with Gasteiger partial charge < -0.3 is 21.7 Å². The van der Waals surface area contributed by atoms with Crippen molar-refractivity contribution in [1.82, 2.24) is 0 Å². The maximum absolute atomic E-state index is 10.3. The molecule has 0 bridgehead atoms. The van der Waals surface area contributed by atoms with Crippen molar-refractivity contribution in [2.45, 2.75) is 12.1 Å². The third-order valence-corrected chi connectivity index (χ3v) is 2.76. The molecule has 6 nitrogen and oxygen atoms in total. The van der Waals surface area contributed by atoms with Gasteiger partial charge in [-0.3, -0.25) is 9.59 Å². The van der Waals surface area contributed by atoms with Gasteiger partial charge in [0.1, 0.15) is 0 Å².